The van der Waals surface area contributed by atoms with Gasteiger partial charge in [0, 0.05) is 31.7 Å². The zero-order valence-electron chi connectivity index (χ0n) is 19.5. The van der Waals surface area contributed by atoms with Gasteiger partial charge in [-0.15, -0.1) is 0 Å². The van der Waals surface area contributed by atoms with E-state index in [1.807, 2.05) is 0 Å². The van der Waals surface area contributed by atoms with Crippen molar-refractivity contribution in [2.45, 2.75) is 31.1 Å². The molecule has 9 heteroatoms. The fraction of sp³-hybridized carbons (Fsp3) is 0.360. The Morgan fingerprint density at radius 1 is 1.32 bits per heavy atom. The van der Waals surface area contributed by atoms with Gasteiger partial charge in [-0.2, -0.15) is 5.26 Å². The topological polar surface area (TPSA) is 100 Å². The summed E-state index contributed by atoms with van der Waals surface area (Å²) in [4.78, 5) is 30.2. The molecule has 34 heavy (non-hydrogen) atoms. The summed E-state index contributed by atoms with van der Waals surface area (Å²) in [6.45, 7) is 3.82. The van der Waals surface area contributed by atoms with Crippen LogP contribution >= 0.6 is 11.9 Å². The lowest BCUT2D eigenvalue weighted by atomic mass is 10.1. The van der Waals surface area contributed by atoms with Crippen LogP contribution in [0.25, 0.3) is 10.9 Å². The van der Waals surface area contributed by atoms with Crippen LogP contribution < -0.4 is 15.6 Å². The van der Waals surface area contributed by atoms with E-state index in [9.17, 15) is 9.59 Å². The Balaban J connectivity index is 1.53. The highest BCUT2D eigenvalue weighted by Gasteiger charge is 2.46. The van der Waals surface area contributed by atoms with Crippen molar-refractivity contribution >= 4 is 28.8 Å². The Hall–Kier alpha value is -3.35. The molecule has 1 amide bonds. The molecule has 2 aromatic heterocycles. The third-order valence-corrected chi connectivity index (χ3v) is 7.43. The van der Waals surface area contributed by atoms with E-state index in [1.54, 1.807) is 61.6 Å². The van der Waals surface area contributed by atoms with Gasteiger partial charge >= 0.3 is 0 Å². The molecule has 0 spiro atoms. The Bertz CT molecular complexity index is 1310. The number of amides is 1. The molecule has 8 nitrogen and oxygen atoms in total. The number of nitrogens with one attached hydrogen (secondary N) is 1. The monoisotopic (exact) mass is 477 g/mol. The van der Waals surface area contributed by atoms with Gasteiger partial charge in [-0.05, 0) is 49.7 Å². The number of carbonyl (C=O) groups excluding carboxylic acids is 1. The fourth-order valence-corrected chi connectivity index (χ4v) is 4.83. The molecule has 0 unspecified atom stereocenters. The van der Waals surface area contributed by atoms with Gasteiger partial charge < -0.3 is 14.6 Å². The highest BCUT2D eigenvalue weighted by molar-refractivity contribution is 7.98. The maximum absolute atomic E-state index is 13.0. The van der Waals surface area contributed by atoms with Gasteiger partial charge in [0.1, 0.15) is 17.7 Å². The van der Waals surface area contributed by atoms with E-state index in [-0.39, 0.29) is 16.9 Å². The van der Waals surface area contributed by atoms with Crippen molar-refractivity contribution in [1.29, 1.82) is 5.26 Å². The van der Waals surface area contributed by atoms with Crippen molar-refractivity contribution in [3.05, 3.63) is 69.6 Å². The molecule has 0 aliphatic heterocycles. The summed E-state index contributed by atoms with van der Waals surface area (Å²) in [5.74, 6) is -0.0604. The first-order valence-corrected chi connectivity index (χ1v) is 11.9. The molecule has 2 heterocycles. The van der Waals surface area contributed by atoms with E-state index in [1.165, 1.54) is 4.57 Å². The van der Waals surface area contributed by atoms with Crippen molar-refractivity contribution in [2.75, 3.05) is 20.2 Å². The van der Waals surface area contributed by atoms with Gasteiger partial charge in [-0.25, -0.2) is 4.98 Å². The molecule has 0 atom stereocenters. The molecule has 0 bridgehead atoms. The van der Waals surface area contributed by atoms with Crippen LogP contribution in [0.3, 0.4) is 0 Å². The van der Waals surface area contributed by atoms with Crippen LogP contribution in [-0.4, -0.2) is 44.7 Å². The molecule has 0 radical (unpaired) electrons. The molecule has 0 saturated heterocycles. The molecule has 4 rings (SSSR count). The summed E-state index contributed by atoms with van der Waals surface area (Å²) >= 11 is 1.80. The van der Waals surface area contributed by atoms with Gasteiger partial charge in [0.2, 0.25) is 5.88 Å². The van der Waals surface area contributed by atoms with Crippen LogP contribution in [0.4, 0.5) is 0 Å². The summed E-state index contributed by atoms with van der Waals surface area (Å²) in [6.07, 6.45) is 3.79. The average Bonchev–Trinajstić information content (AvgIpc) is 3.62. The van der Waals surface area contributed by atoms with Crippen molar-refractivity contribution in [3.8, 4) is 11.9 Å². The van der Waals surface area contributed by atoms with Gasteiger partial charge in [0.15, 0.2) is 0 Å². The van der Waals surface area contributed by atoms with Gasteiger partial charge in [-0.1, -0.05) is 31.0 Å². The van der Waals surface area contributed by atoms with E-state index in [4.69, 9.17) is 10.00 Å². The molecule has 1 aromatic carbocycles. The SMILES string of the molecule is CCN(C)SC1(COc2nccc3cc(C(=O)NCc4ccc(C#N)cc4)c(=O)n(C)c23)CC1. The molecule has 1 aliphatic rings. The molecule has 1 N–H and O–H groups in total. The number of fused-ring (bicyclic) bond motifs is 1. The van der Waals surface area contributed by atoms with Crippen LogP contribution in [0.15, 0.2) is 47.4 Å². The highest BCUT2D eigenvalue weighted by atomic mass is 32.2. The lowest BCUT2D eigenvalue weighted by Gasteiger charge is -2.22. The molecular weight excluding hydrogens is 450 g/mol. The second-order valence-electron chi connectivity index (χ2n) is 8.47. The Morgan fingerprint density at radius 2 is 2.06 bits per heavy atom. The maximum atomic E-state index is 13.0. The standard InChI is InChI=1S/C25H27N5O3S/c1-4-29(2)34-25(10-11-25)16-33-23-21-19(9-12-27-23)13-20(24(32)30(21)3)22(31)28-15-18-7-5-17(14-26)6-8-18/h5-9,12-13H,4,10-11,15-16H2,1-3H3,(H,28,31). The number of nitrogens with zero attached hydrogens (tertiary/aromatic N) is 4. The van der Waals surface area contributed by atoms with Crippen LogP contribution in [0, 0.1) is 11.3 Å². The number of hydrogen-bond donors (Lipinski definition) is 1. The fourth-order valence-electron chi connectivity index (χ4n) is 3.64. The molecular formula is C25H27N5O3S. The third-order valence-electron chi connectivity index (χ3n) is 5.95. The number of aromatic nitrogens is 2. The number of ether oxygens (including phenoxy) is 1. The first-order chi connectivity index (χ1) is 16.4. The predicted octanol–water partition coefficient (Wildman–Crippen LogP) is 3.25. The minimum absolute atomic E-state index is 0.0543. The van der Waals surface area contributed by atoms with E-state index in [0.717, 1.165) is 24.9 Å². The number of nitriles is 1. The van der Waals surface area contributed by atoms with Crippen molar-refractivity contribution < 1.29 is 9.53 Å². The van der Waals surface area contributed by atoms with Gasteiger partial charge in [-0.3, -0.25) is 13.9 Å². The second kappa shape index (κ2) is 9.87. The molecule has 1 aliphatic carbocycles. The maximum Gasteiger partial charge on any atom is 0.263 e. The van der Waals surface area contributed by atoms with Crippen molar-refractivity contribution in [2.24, 2.45) is 7.05 Å². The summed E-state index contributed by atoms with van der Waals surface area (Å²) in [5, 5.41) is 12.4. The Kier molecular flexibility index (Phi) is 6.91. The normalized spacial score (nSPS) is 14.1. The van der Waals surface area contributed by atoms with Crippen LogP contribution in [-0.2, 0) is 13.6 Å². The largest absolute Gasteiger partial charge is 0.475 e. The van der Waals surface area contributed by atoms with Gasteiger partial charge in [0.25, 0.3) is 11.5 Å². The molecule has 176 valence electrons. The first kappa shape index (κ1) is 23.8. The summed E-state index contributed by atoms with van der Waals surface area (Å²) < 4.78 is 9.79. The number of rotatable bonds is 9. The predicted molar refractivity (Wildman–Crippen MR) is 133 cm³/mol. The van der Waals surface area contributed by atoms with Gasteiger partial charge in [0.05, 0.1) is 16.4 Å². The van der Waals surface area contributed by atoms with Crippen LogP contribution in [0.1, 0.15) is 41.3 Å². The number of hydrogen-bond acceptors (Lipinski definition) is 7. The van der Waals surface area contributed by atoms with E-state index in [2.05, 4.69) is 34.6 Å². The Morgan fingerprint density at radius 3 is 2.71 bits per heavy atom. The zero-order chi connectivity index (χ0) is 24.3. The number of benzene rings is 1. The summed E-state index contributed by atoms with van der Waals surface area (Å²) in [6, 6.07) is 12.3. The lowest BCUT2D eigenvalue weighted by molar-refractivity contribution is 0.0949. The van der Waals surface area contributed by atoms with Crippen LogP contribution in [0.5, 0.6) is 5.88 Å². The van der Waals surface area contributed by atoms with Crippen LogP contribution in [0.2, 0.25) is 0 Å². The lowest BCUT2D eigenvalue weighted by Crippen LogP contribution is -2.32. The third kappa shape index (κ3) is 5.08. The van der Waals surface area contributed by atoms with Crippen molar-refractivity contribution in [1.82, 2.24) is 19.2 Å². The van der Waals surface area contributed by atoms with E-state index < -0.39 is 11.5 Å². The number of aryl methyl sites for hydroxylation is 1. The quantitative estimate of drug-likeness (QED) is 0.472. The second-order valence-corrected chi connectivity index (χ2v) is 10.1. The molecule has 3 aromatic rings. The summed E-state index contributed by atoms with van der Waals surface area (Å²) in [7, 11) is 3.70. The molecule has 1 fully saturated rings. The minimum Gasteiger partial charge on any atom is -0.475 e. The van der Waals surface area contributed by atoms with Crippen molar-refractivity contribution in [3.63, 3.8) is 0 Å². The smallest absolute Gasteiger partial charge is 0.263 e. The first-order valence-electron chi connectivity index (χ1n) is 11.1. The number of carbonyl (C=O) groups is 1. The average molecular weight is 478 g/mol. The number of pyridine rings is 2. The minimum atomic E-state index is -0.456. The van der Waals surface area contributed by atoms with E-state index >= 15 is 0 Å². The zero-order valence-corrected chi connectivity index (χ0v) is 20.3. The highest BCUT2D eigenvalue weighted by Crippen LogP contribution is 2.49. The summed E-state index contributed by atoms with van der Waals surface area (Å²) in [5.41, 5.74) is 1.60. The Labute approximate surface area is 202 Å². The van der Waals surface area contributed by atoms with E-state index in [0.29, 0.717) is 29.0 Å². The molecule has 1 saturated carbocycles.